The fraction of sp³-hybridized carbons (Fsp3) is 0.111. The van der Waals surface area contributed by atoms with Crippen molar-refractivity contribution < 1.29 is 9.59 Å². The van der Waals surface area contributed by atoms with Gasteiger partial charge in [-0.2, -0.15) is 0 Å². The number of carbonyl (C=O) groups excluding carboxylic acids is 2. The SMILES string of the molecule is N[C@@H]1C(=O)NC(=O)c2ccccc21. The second-order valence-corrected chi connectivity index (χ2v) is 2.88. The van der Waals surface area contributed by atoms with Gasteiger partial charge in [0.25, 0.3) is 5.91 Å². The molecule has 0 saturated heterocycles. The summed E-state index contributed by atoms with van der Waals surface area (Å²) in [5.74, 6) is -0.814. The van der Waals surface area contributed by atoms with Gasteiger partial charge in [0, 0.05) is 5.56 Å². The van der Waals surface area contributed by atoms with Gasteiger partial charge in [0.05, 0.1) is 0 Å². The Morgan fingerprint density at radius 1 is 1.23 bits per heavy atom. The van der Waals surface area contributed by atoms with Crippen LogP contribution in [0.2, 0.25) is 0 Å². The summed E-state index contributed by atoms with van der Waals surface area (Å²) in [7, 11) is 0. The molecule has 0 fully saturated rings. The molecule has 4 nitrogen and oxygen atoms in total. The lowest BCUT2D eigenvalue weighted by atomic mass is 9.96. The van der Waals surface area contributed by atoms with E-state index in [1.165, 1.54) is 0 Å². The van der Waals surface area contributed by atoms with Crippen molar-refractivity contribution >= 4 is 11.8 Å². The lowest BCUT2D eigenvalue weighted by molar-refractivity contribution is -0.121. The first kappa shape index (κ1) is 7.94. The number of fused-ring (bicyclic) bond motifs is 1. The van der Waals surface area contributed by atoms with Gasteiger partial charge < -0.3 is 5.73 Å². The number of nitrogens with one attached hydrogen (secondary N) is 1. The summed E-state index contributed by atoms with van der Waals surface area (Å²) in [6, 6.07) is 6.10. The highest BCUT2D eigenvalue weighted by atomic mass is 16.2. The molecule has 0 saturated carbocycles. The molecule has 1 atom stereocenters. The Morgan fingerprint density at radius 2 is 1.92 bits per heavy atom. The summed E-state index contributed by atoms with van der Waals surface area (Å²) < 4.78 is 0. The highest BCUT2D eigenvalue weighted by molar-refractivity contribution is 6.11. The van der Waals surface area contributed by atoms with Crippen LogP contribution in [0.4, 0.5) is 0 Å². The minimum absolute atomic E-state index is 0.373. The van der Waals surface area contributed by atoms with Crippen LogP contribution in [-0.4, -0.2) is 11.8 Å². The zero-order valence-electron chi connectivity index (χ0n) is 6.78. The van der Waals surface area contributed by atoms with E-state index >= 15 is 0 Å². The first-order valence-corrected chi connectivity index (χ1v) is 3.90. The summed E-state index contributed by atoms with van der Waals surface area (Å²) in [4.78, 5) is 22.4. The average molecular weight is 176 g/mol. The fourth-order valence-corrected chi connectivity index (χ4v) is 1.37. The number of imide groups is 1. The Kier molecular flexibility index (Phi) is 1.63. The molecule has 0 bridgehead atoms. The van der Waals surface area contributed by atoms with Gasteiger partial charge in [0.1, 0.15) is 6.04 Å². The lowest BCUT2D eigenvalue weighted by Gasteiger charge is -2.20. The van der Waals surface area contributed by atoms with E-state index in [1.54, 1.807) is 24.3 Å². The van der Waals surface area contributed by atoms with Crippen molar-refractivity contribution in [1.29, 1.82) is 0 Å². The Morgan fingerprint density at radius 3 is 2.69 bits per heavy atom. The summed E-state index contributed by atoms with van der Waals surface area (Å²) in [6.07, 6.45) is 0. The van der Waals surface area contributed by atoms with Crippen LogP contribution in [0.3, 0.4) is 0 Å². The predicted molar refractivity (Wildman–Crippen MR) is 45.8 cm³/mol. The molecule has 2 amide bonds. The fourth-order valence-electron chi connectivity index (χ4n) is 1.37. The van der Waals surface area contributed by atoms with E-state index in [0.29, 0.717) is 11.1 Å². The Balaban J connectivity index is 2.60. The molecule has 0 aromatic heterocycles. The molecule has 0 spiro atoms. The number of rotatable bonds is 0. The number of nitrogens with two attached hydrogens (primary N) is 1. The molecule has 4 heteroatoms. The summed E-state index contributed by atoms with van der Waals surface area (Å²) >= 11 is 0. The Hall–Kier alpha value is -1.68. The lowest BCUT2D eigenvalue weighted by Crippen LogP contribution is -2.43. The van der Waals surface area contributed by atoms with E-state index in [-0.39, 0.29) is 5.91 Å². The van der Waals surface area contributed by atoms with Crippen molar-refractivity contribution in [3.05, 3.63) is 35.4 Å². The molecular weight excluding hydrogens is 168 g/mol. The number of hydrogen-bond donors (Lipinski definition) is 2. The van der Waals surface area contributed by atoms with Crippen molar-refractivity contribution in [2.45, 2.75) is 6.04 Å². The van der Waals surface area contributed by atoms with Gasteiger partial charge in [0.2, 0.25) is 5.91 Å². The Bertz CT molecular complexity index is 387. The minimum Gasteiger partial charge on any atom is -0.316 e. The molecule has 1 aliphatic rings. The molecule has 0 radical (unpaired) electrons. The van der Waals surface area contributed by atoms with Crippen LogP contribution >= 0.6 is 0 Å². The highest BCUT2D eigenvalue weighted by Gasteiger charge is 2.28. The van der Waals surface area contributed by atoms with E-state index in [9.17, 15) is 9.59 Å². The van der Waals surface area contributed by atoms with Crippen LogP contribution < -0.4 is 11.1 Å². The monoisotopic (exact) mass is 176 g/mol. The third kappa shape index (κ3) is 1.11. The zero-order valence-corrected chi connectivity index (χ0v) is 6.78. The topological polar surface area (TPSA) is 72.2 Å². The smallest absolute Gasteiger partial charge is 0.258 e. The van der Waals surface area contributed by atoms with E-state index in [1.807, 2.05) is 0 Å². The highest BCUT2D eigenvalue weighted by Crippen LogP contribution is 2.19. The van der Waals surface area contributed by atoms with Gasteiger partial charge in [-0.05, 0) is 11.6 Å². The quantitative estimate of drug-likeness (QED) is 0.544. The predicted octanol–water partition coefficient (Wildman–Crippen LogP) is -0.0436. The molecule has 1 heterocycles. The van der Waals surface area contributed by atoms with Gasteiger partial charge in [-0.3, -0.25) is 14.9 Å². The molecule has 2 rings (SSSR count). The molecule has 3 N–H and O–H groups in total. The van der Waals surface area contributed by atoms with Crippen LogP contribution in [0.25, 0.3) is 0 Å². The first-order valence-electron chi connectivity index (χ1n) is 3.90. The minimum atomic E-state index is -0.728. The summed E-state index contributed by atoms with van der Waals surface area (Å²) in [5, 5.41) is 2.18. The second kappa shape index (κ2) is 2.67. The van der Waals surface area contributed by atoms with E-state index < -0.39 is 11.9 Å². The zero-order chi connectivity index (χ0) is 9.42. The molecule has 13 heavy (non-hydrogen) atoms. The first-order chi connectivity index (χ1) is 6.20. The maximum Gasteiger partial charge on any atom is 0.258 e. The van der Waals surface area contributed by atoms with E-state index in [2.05, 4.69) is 5.32 Å². The van der Waals surface area contributed by atoms with Gasteiger partial charge >= 0.3 is 0 Å². The third-order valence-corrected chi connectivity index (χ3v) is 2.06. The van der Waals surface area contributed by atoms with Crippen LogP contribution in [0.5, 0.6) is 0 Å². The van der Waals surface area contributed by atoms with Crippen LogP contribution in [0.15, 0.2) is 24.3 Å². The van der Waals surface area contributed by atoms with Crippen molar-refractivity contribution in [1.82, 2.24) is 5.32 Å². The normalized spacial score (nSPS) is 20.8. The van der Waals surface area contributed by atoms with Crippen molar-refractivity contribution in [3.8, 4) is 0 Å². The van der Waals surface area contributed by atoms with E-state index in [0.717, 1.165) is 0 Å². The van der Waals surface area contributed by atoms with Crippen molar-refractivity contribution in [2.75, 3.05) is 0 Å². The van der Waals surface area contributed by atoms with Gasteiger partial charge in [-0.15, -0.1) is 0 Å². The van der Waals surface area contributed by atoms with Gasteiger partial charge in [0.15, 0.2) is 0 Å². The van der Waals surface area contributed by atoms with Gasteiger partial charge in [-0.1, -0.05) is 18.2 Å². The number of benzene rings is 1. The van der Waals surface area contributed by atoms with Crippen LogP contribution in [-0.2, 0) is 4.79 Å². The number of hydrogen-bond acceptors (Lipinski definition) is 3. The van der Waals surface area contributed by atoms with Crippen molar-refractivity contribution in [3.63, 3.8) is 0 Å². The third-order valence-electron chi connectivity index (χ3n) is 2.06. The molecule has 66 valence electrons. The van der Waals surface area contributed by atoms with Crippen LogP contribution in [0.1, 0.15) is 22.0 Å². The standard InChI is InChI=1S/C9H8N2O2/c10-7-5-3-1-2-4-6(5)8(12)11-9(7)13/h1-4,7H,10H2,(H,11,12,13)/t7-/m0/s1. The summed E-state index contributed by atoms with van der Waals surface area (Å²) in [5.41, 5.74) is 6.66. The number of amides is 2. The van der Waals surface area contributed by atoms with Crippen molar-refractivity contribution in [2.24, 2.45) is 5.73 Å². The molecule has 1 aromatic rings. The largest absolute Gasteiger partial charge is 0.316 e. The molecular formula is C9H8N2O2. The maximum absolute atomic E-state index is 11.3. The Labute approximate surface area is 74.7 Å². The molecule has 1 aromatic carbocycles. The molecule has 1 aliphatic heterocycles. The second-order valence-electron chi connectivity index (χ2n) is 2.88. The molecule has 0 aliphatic carbocycles. The molecule has 0 unspecified atom stereocenters. The van der Waals surface area contributed by atoms with E-state index in [4.69, 9.17) is 5.73 Å². The van der Waals surface area contributed by atoms with Crippen LogP contribution in [0, 0.1) is 0 Å². The van der Waals surface area contributed by atoms with Gasteiger partial charge in [-0.25, -0.2) is 0 Å². The average Bonchev–Trinajstić information content (AvgIpc) is 2.15. The number of carbonyl (C=O) groups is 2. The summed E-state index contributed by atoms with van der Waals surface area (Å²) in [6.45, 7) is 0. The maximum atomic E-state index is 11.3.